The summed E-state index contributed by atoms with van der Waals surface area (Å²) in [6.45, 7) is 0. The van der Waals surface area contributed by atoms with Crippen LogP contribution in [0.3, 0.4) is 0 Å². The van der Waals surface area contributed by atoms with Crippen LogP contribution in [-0.4, -0.2) is 11.0 Å². The number of nitrogens with zero attached hydrogens (tertiary/aromatic N) is 2. The molecule has 26 heavy (non-hydrogen) atoms. The predicted octanol–water partition coefficient (Wildman–Crippen LogP) is 1.82. The van der Waals surface area contributed by atoms with E-state index < -0.39 is 11.9 Å². The molecule has 0 amide bonds. The lowest BCUT2D eigenvalue weighted by Crippen LogP contribution is -2.27. The van der Waals surface area contributed by atoms with E-state index in [1.807, 2.05) is 12.1 Å². The number of rotatable bonds is 2. The van der Waals surface area contributed by atoms with E-state index in [1.54, 1.807) is 36.5 Å². The number of hydrogen-bond donors (Lipinski definition) is 1. The van der Waals surface area contributed by atoms with Crippen molar-refractivity contribution in [3.63, 3.8) is 0 Å². The Morgan fingerprint density at radius 3 is 2.73 bits per heavy atom. The zero-order valence-electron chi connectivity index (χ0n) is 13.5. The van der Waals surface area contributed by atoms with Crippen molar-refractivity contribution in [3.8, 4) is 11.8 Å². The Morgan fingerprint density at radius 2 is 1.96 bits per heavy atom. The topological polar surface area (TPSA) is 112 Å². The van der Waals surface area contributed by atoms with Gasteiger partial charge in [-0.25, -0.2) is 0 Å². The number of hydrogen-bond acceptors (Lipinski definition) is 6. The minimum absolute atomic E-state index is 0.0113. The fourth-order valence-corrected chi connectivity index (χ4v) is 3.32. The summed E-state index contributed by atoms with van der Waals surface area (Å²) in [5, 5.41) is 21.9. The summed E-state index contributed by atoms with van der Waals surface area (Å²) >= 11 is 0. The summed E-state index contributed by atoms with van der Waals surface area (Å²) in [4.78, 5) is 15.9. The molecular weight excluding hydrogens is 330 g/mol. The van der Waals surface area contributed by atoms with Crippen LogP contribution in [-0.2, 0) is 0 Å². The predicted molar refractivity (Wildman–Crippen MR) is 91.8 cm³/mol. The summed E-state index contributed by atoms with van der Waals surface area (Å²) in [5.41, 5.74) is 7.98. The molecule has 126 valence electrons. The van der Waals surface area contributed by atoms with Crippen LogP contribution in [0.5, 0.6) is 5.75 Å². The summed E-state index contributed by atoms with van der Waals surface area (Å²) in [5.74, 6) is -1.55. The van der Waals surface area contributed by atoms with Gasteiger partial charge in [0.05, 0.1) is 17.4 Å². The smallest absolute Gasteiger partial charge is 0.205 e. The number of nitrogens with two attached hydrogens (primary N) is 1. The standard InChI is InChI=1S/C20H13N3O3/c21-10-15-17(11-4-1-2-5-12(11)20(24)25)14-7-8-16-13(6-3-9-23-16)18(14)26-19(15)22/h1-9,17H,22H2,(H,24,25)/p-1. The summed E-state index contributed by atoms with van der Waals surface area (Å²) in [6.07, 6.45) is 1.67. The summed E-state index contributed by atoms with van der Waals surface area (Å²) < 4.78 is 5.73. The molecule has 1 atom stereocenters. The minimum atomic E-state index is -1.31. The van der Waals surface area contributed by atoms with Crippen LogP contribution in [0.25, 0.3) is 10.9 Å². The van der Waals surface area contributed by atoms with Gasteiger partial charge in [0.15, 0.2) is 0 Å². The van der Waals surface area contributed by atoms with Crippen molar-refractivity contribution < 1.29 is 14.6 Å². The maximum atomic E-state index is 11.6. The third kappa shape index (κ3) is 2.26. The molecule has 3 aromatic rings. The van der Waals surface area contributed by atoms with Gasteiger partial charge >= 0.3 is 0 Å². The molecule has 0 saturated carbocycles. The van der Waals surface area contributed by atoms with Gasteiger partial charge in [0.25, 0.3) is 0 Å². The van der Waals surface area contributed by atoms with Crippen molar-refractivity contribution in [1.29, 1.82) is 5.26 Å². The van der Waals surface area contributed by atoms with Crippen molar-refractivity contribution in [2.24, 2.45) is 5.73 Å². The Labute approximate surface area is 148 Å². The normalized spacial score (nSPS) is 15.9. The van der Waals surface area contributed by atoms with Crippen LogP contribution in [0.15, 0.2) is 66.2 Å². The maximum Gasteiger partial charge on any atom is 0.205 e. The third-order valence-electron chi connectivity index (χ3n) is 4.46. The van der Waals surface area contributed by atoms with E-state index in [4.69, 9.17) is 10.5 Å². The Hall–Kier alpha value is -3.85. The first-order chi connectivity index (χ1) is 12.6. The molecule has 1 aliphatic rings. The zero-order chi connectivity index (χ0) is 18.3. The first-order valence-corrected chi connectivity index (χ1v) is 7.87. The number of benzene rings is 2. The highest BCUT2D eigenvalue weighted by atomic mass is 16.5. The molecule has 6 heteroatoms. The molecule has 4 rings (SSSR count). The van der Waals surface area contributed by atoms with Crippen molar-refractivity contribution in [2.45, 2.75) is 5.92 Å². The number of fused-ring (bicyclic) bond motifs is 3. The Kier molecular flexibility index (Phi) is 3.55. The second-order valence-electron chi connectivity index (χ2n) is 5.85. The number of pyridine rings is 1. The van der Waals surface area contributed by atoms with Gasteiger partial charge in [-0.2, -0.15) is 5.26 Å². The lowest BCUT2D eigenvalue weighted by atomic mass is 9.81. The Bertz CT molecular complexity index is 1130. The number of carbonyl (C=O) groups is 1. The highest BCUT2D eigenvalue weighted by molar-refractivity contribution is 5.91. The average Bonchev–Trinajstić information content (AvgIpc) is 2.66. The number of nitriles is 1. The zero-order valence-corrected chi connectivity index (χ0v) is 13.5. The molecule has 1 aromatic heterocycles. The number of carbonyl (C=O) groups excluding carboxylic acids is 1. The molecule has 1 aliphatic heterocycles. The van der Waals surface area contributed by atoms with E-state index >= 15 is 0 Å². The quantitative estimate of drug-likeness (QED) is 0.760. The van der Waals surface area contributed by atoms with Crippen LogP contribution in [0.1, 0.15) is 27.4 Å². The highest BCUT2D eigenvalue weighted by Gasteiger charge is 2.33. The van der Waals surface area contributed by atoms with E-state index in [0.717, 1.165) is 5.39 Å². The molecule has 0 spiro atoms. The van der Waals surface area contributed by atoms with Crippen molar-refractivity contribution >= 4 is 16.9 Å². The fraction of sp³-hybridized carbons (Fsp3) is 0.0500. The van der Waals surface area contributed by atoms with Crippen LogP contribution < -0.4 is 15.6 Å². The largest absolute Gasteiger partial charge is 0.545 e. The lowest BCUT2D eigenvalue weighted by Gasteiger charge is -2.28. The second-order valence-corrected chi connectivity index (χ2v) is 5.85. The van der Waals surface area contributed by atoms with Gasteiger partial charge in [0, 0.05) is 22.7 Å². The molecule has 2 N–H and O–H groups in total. The fourth-order valence-electron chi connectivity index (χ4n) is 3.32. The van der Waals surface area contributed by atoms with E-state index in [9.17, 15) is 15.2 Å². The number of ether oxygens (including phenoxy) is 1. The van der Waals surface area contributed by atoms with Gasteiger partial charge in [0.2, 0.25) is 5.88 Å². The first kappa shape index (κ1) is 15.7. The molecule has 1 unspecified atom stereocenters. The van der Waals surface area contributed by atoms with Gasteiger partial charge in [-0.05, 0) is 23.8 Å². The van der Waals surface area contributed by atoms with Gasteiger partial charge in [-0.1, -0.05) is 30.3 Å². The molecule has 2 aromatic carbocycles. The van der Waals surface area contributed by atoms with E-state index in [0.29, 0.717) is 22.4 Å². The van der Waals surface area contributed by atoms with Gasteiger partial charge in [-0.3, -0.25) is 4.98 Å². The molecule has 0 saturated heterocycles. The lowest BCUT2D eigenvalue weighted by molar-refractivity contribution is -0.255. The SMILES string of the molecule is N#CC1=C(N)Oc2c(ccc3ncccc23)C1c1ccccc1C(=O)[O-]. The van der Waals surface area contributed by atoms with Crippen molar-refractivity contribution in [3.05, 3.63) is 82.9 Å². The minimum Gasteiger partial charge on any atom is -0.545 e. The third-order valence-corrected chi connectivity index (χ3v) is 4.46. The van der Waals surface area contributed by atoms with Gasteiger partial charge in [0.1, 0.15) is 17.4 Å². The number of allylic oxidation sites excluding steroid dienone is 1. The van der Waals surface area contributed by atoms with E-state index in [-0.39, 0.29) is 17.0 Å². The van der Waals surface area contributed by atoms with Crippen LogP contribution >= 0.6 is 0 Å². The van der Waals surface area contributed by atoms with E-state index in [2.05, 4.69) is 11.1 Å². The Balaban J connectivity index is 2.05. The number of carboxylic acids is 1. The molecule has 0 radical (unpaired) electrons. The van der Waals surface area contributed by atoms with Crippen LogP contribution in [0, 0.1) is 11.3 Å². The average molecular weight is 342 g/mol. The van der Waals surface area contributed by atoms with Gasteiger partial charge in [-0.15, -0.1) is 0 Å². The molecule has 2 heterocycles. The van der Waals surface area contributed by atoms with Crippen molar-refractivity contribution in [1.82, 2.24) is 4.98 Å². The molecular formula is C20H12N3O3-. The first-order valence-electron chi connectivity index (χ1n) is 7.87. The number of aromatic nitrogens is 1. The monoisotopic (exact) mass is 342 g/mol. The second kappa shape index (κ2) is 5.90. The number of carboxylic acid groups (broad SMARTS) is 1. The maximum absolute atomic E-state index is 11.6. The highest BCUT2D eigenvalue weighted by Crippen LogP contribution is 2.45. The molecule has 0 aliphatic carbocycles. The summed E-state index contributed by atoms with van der Waals surface area (Å²) in [7, 11) is 0. The molecule has 0 bridgehead atoms. The van der Waals surface area contributed by atoms with Crippen LogP contribution in [0.2, 0.25) is 0 Å². The Morgan fingerprint density at radius 1 is 1.15 bits per heavy atom. The molecule has 6 nitrogen and oxygen atoms in total. The van der Waals surface area contributed by atoms with Crippen molar-refractivity contribution in [2.75, 3.05) is 0 Å². The van der Waals surface area contributed by atoms with E-state index in [1.165, 1.54) is 6.07 Å². The summed E-state index contributed by atoms with van der Waals surface area (Å²) in [6, 6.07) is 15.7. The van der Waals surface area contributed by atoms with Gasteiger partial charge < -0.3 is 20.4 Å². The molecule has 0 fully saturated rings. The van der Waals surface area contributed by atoms with Crippen LogP contribution in [0.4, 0.5) is 0 Å². The number of aromatic carboxylic acids is 1.